The summed E-state index contributed by atoms with van der Waals surface area (Å²) in [6.07, 6.45) is 5.13. The van der Waals surface area contributed by atoms with E-state index in [1.807, 2.05) is 38.8 Å². The summed E-state index contributed by atoms with van der Waals surface area (Å²) in [5.74, 6) is 0.836. The van der Waals surface area contributed by atoms with Crippen molar-refractivity contribution in [3.8, 4) is 0 Å². The highest BCUT2D eigenvalue weighted by molar-refractivity contribution is 7.11. The first-order valence-electron chi connectivity index (χ1n) is 9.51. The maximum absolute atomic E-state index is 13.0. The van der Waals surface area contributed by atoms with Gasteiger partial charge in [-0.1, -0.05) is 41.5 Å². The van der Waals surface area contributed by atoms with Crippen molar-refractivity contribution in [3.63, 3.8) is 0 Å². The molecular weight excluding hydrogens is 332 g/mol. The van der Waals surface area contributed by atoms with Crippen LogP contribution in [0.4, 0.5) is 0 Å². The zero-order valence-corrected chi connectivity index (χ0v) is 17.2. The molecule has 0 saturated heterocycles. The van der Waals surface area contributed by atoms with Crippen LogP contribution in [0.5, 0.6) is 0 Å². The van der Waals surface area contributed by atoms with Gasteiger partial charge in [0.1, 0.15) is 0 Å². The van der Waals surface area contributed by atoms with Gasteiger partial charge in [0, 0.05) is 35.4 Å². The summed E-state index contributed by atoms with van der Waals surface area (Å²) in [6, 6.07) is -0.0250. The Kier molecular flexibility index (Phi) is 6.78. The molecule has 1 atom stereocenters. The minimum Gasteiger partial charge on any atom is -0.329 e. The maximum Gasteiger partial charge on any atom is 0.223 e. The Morgan fingerprint density at radius 2 is 1.84 bits per heavy atom. The third-order valence-electron chi connectivity index (χ3n) is 4.67. The summed E-state index contributed by atoms with van der Waals surface area (Å²) >= 11 is 1.70. The van der Waals surface area contributed by atoms with Crippen molar-refractivity contribution in [2.75, 3.05) is 0 Å². The molecule has 0 bridgehead atoms. The standard InChI is InChI=1S/C20H32N2O2S/c1-12(2)18(19(24)13(3)4)22(15-7-8-15)17(23)10-9-16-11-21-20(25-16)14(5)6/h11-15,18H,7-10H2,1-6H3. The summed E-state index contributed by atoms with van der Waals surface area (Å²) in [7, 11) is 0. The Hall–Kier alpha value is -1.23. The fraction of sp³-hybridized carbons (Fsp3) is 0.750. The van der Waals surface area contributed by atoms with Gasteiger partial charge in [0.15, 0.2) is 5.78 Å². The number of hydrogen-bond acceptors (Lipinski definition) is 4. The zero-order chi connectivity index (χ0) is 18.7. The van der Waals surface area contributed by atoms with Crippen molar-refractivity contribution in [3.05, 3.63) is 16.1 Å². The highest BCUT2D eigenvalue weighted by Gasteiger charge is 2.41. The van der Waals surface area contributed by atoms with Gasteiger partial charge in [-0.15, -0.1) is 11.3 Å². The topological polar surface area (TPSA) is 50.3 Å². The van der Waals surface area contributed by atoms with Crippen LogP contribution in [0, 0.1) is 11.8 Å². The van der Waals surface area contributed by atoms with Gasteiger partial charge >= 0.3 is 0 Å². The second-order valence-corrected chi connectivity index (χ2v) is 9.24. The molecule has 1 aromatic heterocycles. The van der Waals surface area contributed by atoms with Gasteiger partial charge in [0.2, 0.25) is 5.91 Å². The second kappa shape index (κ2) is 8.43. The molecule has 1 unspecified atom stereocenters. The summed E-state index contributed by atoms with van der Waals surface area (Å²) in [5.41, 5.74) is 0. The molecule has 1 saturated carbocycles. The van der Waals surface area contributed by atoms with Crippen LogP contribution in [0.3, 0.4) is 0 Å². The smallest absolute Gasteiger partial charge is 0.223 e. The van der Waals surface area contributed by atoms with Crippen molar-refractivity contribution in [2.45, 2.75) is 85.2 Å². The van der Waals surface area contributed by atoms with E-state index in [4.69, 9.17) is 0 Å². The number of aromatic nitrogens is 1. The van der Waals surface area contributed by atoms with Crippen molar-refractivity contribution in [2.24, 2.45) is 11.8 Å². The van der Waals surface area contributed by atoms with Crippen LogP contribution in [0.15, 0.2) is 6.20 Å². The Labute approximate surface area is 156 Å². The van der Waals surface area contributed by atoms with Crippen LogP contribution in [0.1, 0.15) is 76.6 Å². The number of amides is 1. The summed E-state index contributed by atoms with van der Waals surface area (Å²) in [6.45, 7) is 12.2. The Bertz CT molecular complexity index is 603. The van der Waals surface area contributed by atoms with Crippen molar-refractivity contribution in [1.29, 1.82) is 0 Å². The molecule has 1 aromatic rings. The molecule has 140 valence electrons. The number of hydrogen-bond donors (Lipinski definition) is 0. The van der Waals surface area contributed by atoms with Crippen LogP contribution >= 0.6 is 11.3 Å². The average molecular weight is 365 g/mol. The van der Waals surface area contributed by atoms with Gasteiger partial charge in [-0.3, -0.25) is 9.59 Å². The first kappa shape index (κ1) is 20.1. The molecule has 1 heterocycles. The lowest BCUT2D eigenvalue weighted by molar-refractivity contribution is -0.143. The molecule has 0 aromatic carbocycles. The maximum atomic E-state index is 13.0. The fourth-order valence-electron chi connectivity index (χ4n) is 3.13. The molecule has 0 N–H and O–H groups in total. The Balaban J connectivity index is 2.07. The van der Waals surface area contributed by atoms with E-state index in [-0.39, 0.29) is 35.6 Å². The van der Waals surface area contributed by atoms with E-state index in [0.717, 1.165) is 22.7 Å². The van der Waals surface area contributed by atoms with E-state index in [9.17, 15) is 9.59 Å². The second-order valence-electron chi connectivity index (χ2n) is 8.10. The highest BCUT2D eigenvalue weighted by Crippen LogP contribution is 2.33. The number of rotatable bonds is 9. The van der Waals surface area contributed by atoms with Crippen LogP contribution in [0.2, 0.25) is 0 Å². The van der Waals surface area contributed by atoms with E-state index in [2.05, 4.69) is 18.8 Å². The van der Waals surface area contributed by atoms with Crippen molar-refractivity contribution < 1.29 is 9.59 Å². The first-order chi connectivity index (χ1) is 11.7. The van der Waals surface area contributed by atoms with Gasteiger partial charge in [0.05, 0.1) is 11.0 Å². The van der Waals surface area contributed by atoms with Gasteiger partial charge in [-0.2, -0.15) is 0 Å². The molecule has 0 radical (unpaired) electrons. The summed E-state index contributed by atoms with van der Waals surface area (Å²) < 4.78 is 0. The van der Waals surface area contributed by atoms with E-state index in [0.29, 0.717) is 18.8 Å². The number of thiazole rings is 1. The lowest BCUT2D eigenvalue weighted by Crippen LogP contribution is -2.50. The highest BCUT2D eigenvalue weighted by atomic mass is 32.1. The third kappa shape index (κ3) is 5.13. The molecule has 5 heteroatoms. The quantitative estimate of drug-likeness (QED) is 0.651. The molecule has 0 aliphatic heterocycles. The number of nitrogens with zero attached hydrogens (tertiary/aromatic N) is 2. The molecule has 25 heavy (non-hydrogen) atoms. The van der Waals surface area contributed by atoms with E-state index in [1.54, 1.807) is 11.3 Å². The molecular formula is C20H32N2O2S. The fourth-order valence-corrected chi connectivity index (χ4v) is 4.05. The molecule has 4 nitrogen and oxygen atoms in total. The lowest BCUT2D eigenvalue weighted by atomic mass is 9.91. The zero-order valence-electron chi connectivity index (χ0n) is 16.4. The average Bonchev–Trinajstić information content (AvgIpc) is 3.25. The molecule has 0 spiro atoms. The molecule has 1 amide bonds. The van der Waals surface area contributed by atoms with Gasteiger partial charge in [-0.25, -0.2) is 4.98 Å². The minimum absolute atomic E-state index is 0.0449. The van der Waals surface area contributed by atoms with E-state index >= 15 is 0 Å². The predicted octanol–water partition coefficient (Wildman–Crippen LogP) is 4.44. The van der Waals surface area contributed by atoms with Crippen LogP contribution < -0.4 is 0 Å². The van der Waals surface area contributed by atoms with Crippen LogP contribution in [0.25, 0.3) is 0 Å². The molecule has 1 aliphatic rings. The number of aryl methyl sites for hydroxylation is 1. The largest absolute Gasteiger partial charge is 0.329 e. The Morgan fingerprint density at radius 3 is 2.28 bits per heavy atom. The molecule has 1 fully saturated rings. The monoisotopic (exact) mass is 364 g/mol. The SMILES string of the molecule is CC(C)C(=O)C(C(C)C)N(C(=O)CCc1cnc(C(C)C)s1)C1CC1. The normalized spacial score (nSPS) is 15.9. The summed E-state index contributed by atoms with van der Waals surface area (Å²) in [4.78, 5) is 33.2. The van der Waals surface area contributed by atoms with Gasteiger partial charge in [0.25, 0.3) is 0 Å². The van der Waals surface area contributed by atoms with E-state index in [1.165, 1.54) is 0 Å². The lowest BCUT2D eigenvalue weighted by Gasteiger charge is -2.35. The minimum atomic E-state index is -0.285. The first-order valence-corrected chi connectivity index (χ1v) is 10.3. The summed E-state index contributed by atoms with van der Waals surface area (Å²) in [5, 5.41) is 1.12. The number of ketones is 1. The van der Waals surface area contributed by atoms with Crippen molar-refractivity contribution in [1.82, 2.24) is 9.88 Å². The van der Waals surface area contributed by atoms with Gasteiger partial charge in [-0.05, 0) is 25.2 Å². The van der Waals surface area contributed by atoms with Crippen LogP contribution in [-0.4, -0.2) is 33.7 Å². The van der Waals surface area contributed by atoms with Crippen LogP contribution in [-0.2, 0) is 16.0 Å². The number of carbonyl (C=O) groups excluding carboxylic acids is 2. The van der Waals surface area contributed by atoms with Crippen molar-refractivity contribution >= 4 is 23.0 Å². The number of carbonyl (C=O) groups is 2. The third-order valence-corrected chi connectivity index (χ3v) is 6.03. The molecule has 1 aliphatic carbocycles. The van der Waals surface area contributed by atoms with E-state index < -0.39 is 0 Å². The predicted molar refractivity (Wildman–Crippen MR) is 103 cm³/mol. The molecule has 2 rings (SSSR count). The number of Topliss-reactive ketones (excluding diaryl/α,β-unsaturated/α-hetero) is 1. The Morgan fingerprint density at radius 1 is 1.20 bits per heavy atom. The van der Waals surface area contributed by atoms with Gasteiger partial charge < -0.3 is 4.90 Å².